The van der Waals surface area contributed by atoms with Crippen LogP contribution in [-0.2, 0) is 0 Å². The summed E-state index contributed by atoms with van der Waals surface area (Å²) < 4.78 is 5.16. The molecule has 0 saturated heterocycles. The molecule has 4 nitrogen and oxygen atoms in total. The Morgan fingerprint density at radius 2 is 2.18 bits per heavy atom. The molecule has 0 spiro atoms. The molecule has 0 fully saturated rings. The molecule has 1 rings (SSSR count). The Balaban J connectivity index is 2.58. The minimum atomic E-state index is 0.237. The van der Waals surface area contributed by atoms with Gasteiger partial charge in [-0.3, -0.25) is 0 Å². The molecule has 0 aliphatic carbocycles. The van der Waals surface area contributed by atoms with Gasteiger partial charge in [-0.05, 0) is 18.4 Å². The van der Waals surface area contributed by atoms with Gasteiger partial charge >= 0.3 is 0 Å². The van der Waals surface area contributed by atoms with Gasteiger partial charge in [0.05, 0.1) is 7.11 Å². The summed E-state index contributed by atoms with van der Waals surface area (Å²) in [6, 6.07) is 5.59. The van der Waals surface area contributed by atoms with Crippen molar-refractivity contribution in [3.63, 3.8) is 0 Å². The number of aliphatic hydroxyl groups is 1. The quantitative estimate of drug-likeness (QED) is 0.636. The summed E-state index contributed by atoms with van der Waals surface area (Å²) in [5, 5.41) is 12.2. The van der Waals surface area contributed by atoms with Crippen LogP contribution in [0.5, 0.6) is 5.75 Å². The first-order valence-corrected chi connectivity index (χ1v) is 5.98. The molecule has 4 heteroatoms. The highest BCUT2D eigenvalue weighted by atomic mass is 16.5. The average molecular weight is 238 g/mol. The van der Waals surface area contributed by atoms with Crippen molar-refractivity contribution >= 4 is 11.4 Å². The number of ether oxygens (including phenoxy) is 1. The molecule has 1 atom stereocenters. The van der Waals surface area contributed by atoms with Crippen LogP contribution >= 0.6 is 0 Å². The fourth-order valence-electron chi connectivity index (χ4n) is 1.74. The van der Waals surface area contributed by atoms with E-state index in [1.165, 1.54) is 0 Å². The second kappa shape index (κ2) is 7.01. The number of nitrogens with two attached hydrogens (primary N) is 1. The zero-order chi connectivity index (χ0) is 12.7. The van der Waals surface area contributed by atoms with Crippen LogP contribution in [0.2, 0.25) is 0 Å². The Bertz CT molecular complexity index is 342. The lowest BCUT2D eigenvalue weighted by Gasteiger charge is -2.16. The van der Waals surface area contributed by atoms with Crippen molar-refractivity contribution in [1.82, 2.24) is 0 Å². The normalized spacial score (nSPS) is 12.2. The third kappa shape index (κ3) is 4.53. The van der Waals surface area contributed by atoms with Gasteiger partial charge in [0, 0.05) is 36.7 Å². The number of hydrogen-bond donors (Lipinski definition) is 3. The zero-order valence-electron chi connectivity index (χ0n) is 10.6. The van der Waals surface area contributed by atoms with Gasteiger partial charge in [0.2, 0.25) is 0 Å². The molecule has 1 aromatic carbocycles. The first-order valence-electron chi connectivity index (χ1n) is 5.98. The summed E-state index contributed by atoms with van der Waals surface area (Å²) in [7, 11) is 1.62. The van der Waals surface area contributed by atoms with Crippen LogP contribution in [0, 0.1) is 5.92 Å². The predicted molar refractivity (Wildman–Crippen MR) is 71.4 cm³/mol. The maximum atomic E-state index is 8.92. The second-order valence-electron chi connectivity index (χ2n) is 4.16. The molecule has 0 radical (unpaired) electrons. The van der Waals surface area contributed by atoms with E-state index in [-0.39, 0.29) is 6.61 Å². The Morgan fingerprint density at radius 1 is 1.41 bits per heavy atom. The molecule has 0 aromatic heterocycles. The first kappa shape index (κ1) is 13.6. The van der Waals surface area contributed by atoms with Crippen LogP contribution in [0.1, 0.15) is 19.8 Å². The van der Waals surface area contributed by atoms with Crippen molar-refractivity contribution in [2.24, 2.45) is 5.92 Å². The van der Waals surface area contributed by atoms with Gasteiger partial charge in [-0.2, -0.15) is 0 Å². The lowest BCUT2D eigenvalue weighted by Crippen LogP contribution is -2.15. The number of nitrogen functional groups attached to an aromatic ring is 1. The van der Waals surface area contributed by atoms with E-state index in [1.54, 1.807) is 13.2 Å². The minimum absolute atomic E-state index is 0.237. The molecule has 1 aromatic rings. The Morgan fingerprint density at radius 3 is 2.76 bits per heavy atom. The molecule has 1 unspecified atom stereocenters. The number of rotatable bonds is 7. The van der Waals surface area contributed by atoms with E-state index >= 15 is 0 Å². The van der Waals surface area contributed by atoms with Crippen LogP contribution < -0.4 is 15.8 Å². The summed E-state index contributed by atoms with van der Waals surface area (Å²) in [5.41, 5.74) is 7.41. The van der Waals surface area contributed by atoms with Gasteiger partial charge in [0.25, 0.3) is 0 Å². The Labute approximate surface area is 103 Å². The van der Waals surface area contributed by atoms with Crippen LogP contribution in [0.15, 0.2) is 18.2 Å². The SMILES string of the molecule is CCC(CCO)CNc1cc(N)cc(OC)c1. The van der Waals surface area contributed by atoms with E-state index in [4.69, 9.17) is 15.6 Å². The smallest absolute Gasteiger partial charge is 0.122 e. The summed E-state index contributed by atoms with van der Waals surface area (Å²) >= 11 is 0. The van der Waals surface area contributed by atoms with Gasteiger partial charge in [0.1, 0.15) is 5.75 Å². The average Bonchev–Trinajstić information content (AvgIpc) is 2.33. The first-order chi connectivity index (χ1) is 8.19. The lowest BCUT2D eigenvalue weighted by molar-refractivity contribution is 0.258. The number of benzene rings is 1. The van der Waals surface area contributed by atoms with Gasteiger partial charge in [-0.15, -0.1) is 0 Å². The van der Waals surface area contributed by atoms with Gasteiger partial charge in [0.15, 0.2) is 0 Å². The number of anilines is 2. The predicted octanol–water partition coefficient (Wildman–Crippen LogP) is 2.10. The monoisotopic (exact) mass is 238 g/mol. The van der Waals surface area contributed by atoms with E-state index in [0.717, 1.165) is 30.8 Å². The number of hydrogen-bond acceptors (Lipinski definition) is 4. The van der Waals surface area contributed by atoms with Crippen molar-refractivity contribution < 1.29 is 9.84 Å². The topological polar surface area (TPSA) is 67.5 Å². The lowest BCUT2D eigenvalue weighted by atomic mass is 10.0. The van der Waals surface area contributed by atoms with Crippen LogP contribution in [0.25, 0.3) is 0 Å². The summed E-state index contributed by atoms with van der Waals surface area (Å²) in [5.74, 6) is 1.23. The Kier molecular flexibility index (Phi) is 5.63. The standard InChI is InChI=1S/C13H22N2O2/c1-3-10(4-5-16)9-15-12-6-11(14)7-13(8-12)17-2/h6-8,10,15-16H,3-5,9,14H2,1-2H3. The highest BCUT2D eigenvalue weighted by Gasteiger charge is 2.06. The fourth-order valence-corrected chi connectivity index (χ4v) is 1.74. The molecular formula is C13H22N2O2. The third-order valence-corrected chi connectivity index (χ3v) is 2.87. The van der Waals surface area contributed by atoms with Crippen molar-refractivity contribution in [1.29, 1.82) is 0 Å². The van der Waals surface area contributed by atoms with Crippen molar-refractivity contribution in [2.75, 3.05) is 31.3 Å². The van der Waals surface area contributed by atoms with E-state index in [2.05, 4.69) is 12.2 Å². The molecule has 0 aliphatic rings. The maximum absolute atomic E-state index is 8.92. The largest absolute Gasteiger partial charge is 0.497 e. The number of nitrogens with one attached hydrogen (secondary N) is 1. The molecule has 17 heavy (non-hydrogen) atoms. The molecule has 4 N–H and O–H groups in total. The van der Waals surface area contributed by atoms with Crippen molar-refractivity contribution in [3.8, 4) is 5.75 Å². The third-order valence-electron chi connectivity index (χ3n) is 2.87. The molecule has 0 saturated carbocycles. The number of methoxy groups -OCH3 is 1. The van der Waals surface area contributed by atoms with Crippen LogP contribution in [0.3, 0.4) is 0 Å². The van der Waals surface area contributed by atoms with Crippen molar-refractivity contribution in [2.45, 2.75) is 19.8 Å². The van der Waals surface area contributed by atoms with Gasteiger partial charge in [-0.25, -0.2) is 0 Å². The summed E-state index contributed by atoms with van der Waals surface area (Å²) in [6.07, 6.45) is 1.87. The number of aliphatic hydroxyl groups excluding tert-OH is 1. The van der Waals surface area contributed by atoms with Gasteiger partial charge in [-0.1, -0.05) is 13.3 Å². The summed E-state index contributed by atoms with van der Waals surface area (Å²) in [6.45, 7) is 3.20. The highest BCUT2D eigenvalue weighted by Crippen LogP contribution is 2.22. The van der Waals surface area contributed by atoms with E-state index in [9.17, 15) is 0 Å². The molecule has 0 heterocycles. The van der Waals surface area contributed by atoms with E-state index in [1.807, 2.05) is 12.1 Å². The maximum Gasteiger partial charge on any atom is 0.122 e. The Hall–Kier alpha value is -1.42. The van der Waals surface area contributed by atoms with E-state index < -0.39 is 0 Å². The molecule has 0 bridgehead atoms. The van der Waals surface area contributed by atoms with Crippen LogP contribution in [-0.4, -0.2) is 25.4 Å². The van der Waals surface area contributed by atoms with Gasteiger partial charge < -0.3 is 20.9 Å². The highest BCUT2D eigenvalue weighted by molar-refractivity contribution is 5.59. The minimum Gasteiger partial charge on any atom is -0.497 e. The zero-order valence-corrected chi connectivity index (χ0v) is 10.6. The van der Waals surface area contributed by atoms with Crippen LogP contribution in [0.4, 0.5) is 11.4 Å². The molecular weight excluding hydrogens is 216 g/mol. The van der Waals surface area contributed by atoms with E-state index in [0.29, 0.717) is 11.6 Å². The molecule has 0 aliphatic heterocycles. The summed E-state index contributed by atoms with van der Waals surface area (Å²) in [4.78, 5) is 0. The molecule has 96 valence electrons. The fraction of sp³-hybridized carbons (Fsp3) is 0.538. The molecule has 0 amide bonds. The second-order valence-corrected chi connectivity index (χ2v) is 4.16. The van der Waals surface area contributed by atoms with Crippen molar-refractivity contribution in [3.05, 3.63) is 18.2 Å².